The first-order valence-corrected chi connectivity index (χ1v) is 8.56. The smallest absolute Gasteiger partial charge is 0.311 e. The molecule has 0 saturated heterocycles. The van der Waals surface area contributed by atoms with Crippen LogP contribution >= 0.6 is 11.6 Å². The fraction of sp³-hybridized carbons (Fsp3) is 0.368. The summed E-state index contributed by atoms with van der Waals surface area (Å²) in [5, 5.41) is 21.9. The summed E-state index contributed by atoms with van der Waals surface area (Å²) in [4.78, 5) is 12.7. The molecule has 0 spiro atoms. The van der Waals surface area contributed by atoms with Gasteiger partial charge in [0.1, 0.15) is 0 Å². The standard InChI is InChI=1S/C19H21ClN2O3/c1-11-10-14-15(21(4)19(11,2)3)9-8-12(17(14)20)13-6-5-7-16(18(13)23)22(24)25/h5-9,11,23H,10H2,1-4H3. The van der Waals surface area contributed by atoms with Crippen molar-refractivity contribution in [3.8, 4) is 16.9 Å². The molecule has 1 atom stereocenters. The van der Waals surface area contributed by atoms with Crippen molar-refractivity contribution in [2.24, 2.45) is 5.92 Å². The fourth-order valence-electron chi connectivity index (χ4n) is 3.42. The molecule has 0 saturated carbocycles. The van der Waals surface area contributed by atoms with Gasteiger partial charge in [-0.2, -0.15) is 0 Å². The third-order valence-corrected chi connectivity index (χ3v) is 6.09. The number of halogens is 1. The molecule has 1 heterocycles. The topological polar surface area (TPSA) is 66.6 Å². The van der Waals surface area contributed by atoms with E-state index in [0.29, 0.717) is 22.1 Å². The number of aromatic hydroxyl groups is 1. The van der Waals surface area contributed by atoms with Crippen LogP contribution in [0.3, 0.4) is 0 Å². The van der Waals surface area contributed by atoms with Crippen molar-refractivity contribution in [1.82, 2.24) is 0 Å². The predicted octanol–water partition coefficient (Wildman–Crippen LogP) is 5.03. The molecule has 3 rings (SSSR count). The number of anilines is 1. The van der Waals surface area contributed by atoms with E-state index in [2.05, 4.69) is 32.7 Å². The molecule has 5 nitrogen and oxygen atoms in total. The van der Waals surface area contributed by atoms with Crippen molar-refractivity contribution < 1.29 is 10.0 Å². The van der Waals surface area contributed by atoms with Gasteiger partial charge in [0.2, 0.25) is 5.75 Å². The normalized spacial score (nSPS) is 18.8. The highest BCUT2D eigenvalue weighted by Gasteiger charge is 2.37. The second-order valence-electron chi connectivity index (χ2n) is 7.17. The van der Waals surface area contributed by atoms with Crippen molar-refractivity contribution in [1.29, 1.82) is 0 Å². The molecular formula is C19H21ClN2O3. The van der Waals surface area contributed by atoms with Crippen molar-refractivity contribution >= 4 is 23.0 Å². The predicted molar refractivity (Wildman–Crippen MR) is 101 cm³/mol. The summed E-state index contributed by atoms with van der Waals surface area (Å²) >= 11 is 6.68. The Morgan fingerprint density at radius 3 is 2.60 bits per heavy atom. The number of hydrogen-bond acceptors (Lipinski definition) is 4. The van der Waals surface area contributed by atoms with Gasteiger partial charge in [0.15, 0.2) is 0 Å². The molecule has 1 unspecified atom stereocenters. The highest BCUT2D eigenvalue weighted by atomic mass is 35.5. The summed E-state index contributed by atoms with van der Waals surface area (Å²) in [6.45, 7) is 6.59. The van der Waals surface area contributed by atoms with Gasteiger partial charge in [-0.3, -0.25) is 10.1 Å². The minimum absolute atomic E-state index is 0.00547. The number of para-hydroxylation sites is 1. The van der Waals surface area contributed by atoms with Crippen LogP contribution in [0.1, 0.15) is 26.3 Å². The Balaban J connectivity index is 2.19. The summed E-state index contributed by atoms with van der Waals surface area (Å²) in [5.41, 5.74) is 2.74. The molecule has 132 valence electrons. The summed E-state index contributed by atoms with van der Waals surface area (Å²) < 4.78 is 0. The molecule has 0 radical (unpaired) electrons. The van der Waals surface area contributed by atoms with Gasteiger partial charge in [-0.25, -0.2) is 0 Å². The van der Waals surface area contributed by atoms with Crippen molar-refractivity contribution in [3.63, 3.8) is 0 Å². The lowest BCUT2D eigenvalue weighted by atomic mass is 9.78. The molecule has 0 bridgehead atoms. The van der Waals surface area contributed by atoms with Crippen LogP contribution in [0.15, 0.2) is 30.3 Å². The van der Waals surface area contributed by atoms with Crippen LogP contribution in [0.5, 0.6) is 5.75 Å². The Kier molecular flexibility index (Phi) is 4.15. The van der Waals surface area contributed by atoms with E-state index in [1.165, 1.54) is 6.07 Å². The molecule has 0 amide bonds. The van der Waals surface area contributed by atoms with Crippen LogP contribution in [0, 0.1) is 16.0 Å². The molecule has 1 aliphatic rings. The zero-order valence-electron chi connectivity index (χ0n) is 14.7. The first kappa shape index (κ1) is 17.5. The summed E-state index contributed by atoms with van der Waals surface area (Å²) in [5.74, 6) is 0.0309. The average Bonchev–Trinajstić information content (AvgIpc) is 2.55. The maximum absolute atomic E-state index is 11.1. The highest BCUT2D eigenvalue weighted by Crippen LogP contribution is 2.47. The SMILES string of the molecule is CC1Cc2c(ccc(-c3cccc([N+](=O)[O-])c3O)c2Cl)N(C)C1(C)C. The third kappa shape index (κ3) is 2.63. The quantitative estimate of drug-likeness (QED) is 0.602. The lowest BCUT2D eigenvalue weighted by Gasteiger charge is -2.47. The zero-order chi connectivity index (χ0) is 18.5. The van der Waals surface area contributed by atoms with E-state index in [4.69, 9.17) is 11.6 Å². The van der Waals surface area contributed by atoms with E-state index in [0.717, 1.165) is 17.7 Å². The number of nitrogens with zero attached hydrogens (tertiary/aromatic N) is 2. The van der Waals surface area contributed by atoms with Crippen LogP contribution in [0.4, 0.5) is 11.4 Å². The zero-order valence-corrected chi connectivity index (χ0v) is 15.5. The van der Waals surface area contributed by atoms with Crippen molar-refractivity contribution in [3.05, 3.63) is 51.0 Å². The number of nitro groups is 1. The van der Waals surface area contributed by atoms with Gasteiger partial charge in [0.25, 0.3) is 0 Å². The van der Waals surface area contributed by atoms with Gasteiger partial charge < -0.3 is 10.0 Å². The first-order chi connectivity index (χ1) is 11.7. The molecule has 0 fully saturated rings. The number of nitro benzene ring substituents is 1. The molecule has 25 heavy (non-hydrogen) atoms. The van der Waals surface area contributed by atoms with Gasteiger partial charge in [0.05, 0.1) is 9.95 Å². The second-order valence-corrected chi connectivity index (χ2v) is 7.55. The Morgan fingerprint density at radius 1 is 1.28 bits per heavy atom. The molecule has 2 aromatic rings. The van der Waals surface area contributed by atoms with Gasteiger partial charge in [-0.15, -0.1) is 0 Å². The van der Waals surface area contributed by atoms with Crippen molar-refractivity contribution in [2.45, 2.75) is 32.7 Å². The lowest BCUT2D eigenvalue weighted by molar-refractivity contribution is -0.385. The molecule has 1 aliphatic heterocycles. The molecular weight excluding hydrogens is 340 g/mol. The Hall–Kier alpha value is -2.27. The third-order valence-electron chi connectivity index (χ3n) is 5.66. The molecule has 2 aromatic carbocycles. The molecule has 0 aromatic heterocycles. The van der Waals surface area contributed by atoms with Gasteiger partial charge >= 0.3 is 5.69 Å². The minimum atomic E-state index is -0.594. The van der Waals surface area contributed by atoms with Crippen LogP contribution < -0.4 is 4.90 Å². The summed E-state index contributed by atoms with van der Waals surface area (Å²) in [6, 6.07) is 8.28. The van der Waals surface area contributed by atoms with E-state index in [1.54, 1.807) is 12.1 Å². The maximum atomic E-state index is 11.1. The maximum Gasteiger partial charge on any atom is 0.311 e. The minimum Gasteiger partial charge on any atom is -0.502 e. The van der Waals surface area contributed by atoms with Gasteiger partial charge in [-0.05, 0) is 37.8 Å². The Bertz CT molecular complexity index is 864. The van der Waals surface area contributed by atoms with E-state index >= 15 is 0 Å². The monoisotopic (exact) mass is 360 g/mol. The molecule has 6 heteroatoms. The number of phenolic OH excluding ortho intramolecular Hbond substituents is 1. The first-order valence-electron chi connectivity index (χ1n) is 8.18. The molecule has 0 aliphatic carbocycles. The van der Waals surface area contributed by atoms with E-state index in [-0.39, 0.29) is 17.0 Å². The van der Waals surface area contributed by atoms with E-state index in [9.17, 15) is 15.2 Å². The van der Waals surface area contributed by atoms with Crippen LogP contribution in [0.2, 0.25) is 5.02 Å². The van der Waals surface area contributed by atoms with Crippen LogP contribution in [0.25, 0.3) is 11.1 Å². The fourth-order valence-corrected chi connectivity index (χ4v) is 3.76. The highest BCUT2D eigenvalue weighted by molar-refractivity contribution is 6.34. The number of fused-ring (bicyclic) bond motifs is 1. The van der Waals surface area contributed by atoms with Gasteiger partial charge in [-0.1, -0.05) is 36.7 Å². The van der Waals surface area contributed by atoms with Crippen molar-refractivity contribution in [2.75, 3.05) is 11.9 Å². The Morgan fingerprint density at radius 2 is 1.96 bits per heavy atom. The largest absolute Gasteiger partial charge is 0.502 e. The van der Waals surface area contributed by atoms with Crippen LogP contribution in [-0.4, -0.2) is 22.6 Å². The second kappa shape index (κ2) is 5.92. The number of hydrogen-bond donors (Lipinski definition) is 1. The van der Waals surface area contributed by atoms with Gasteiger partial charge in [0, 0.05) is 35.5 Å². The number of rotatable bonds is 2. The average molecular weight is 361 g/mol. The molecule has 1 N–H and O–H groups in total. The lowest BCUT2D eigenvalue weighted by Crippen LogP contribution is -2.50. The summed E-state index contributed by atoms with van der Waals surface area (Å²) in [6.07, 6.45) is 0.815. The van der Waals surface area contributed by atoms with Crippen LogP contribution in [-0.2, 0) is 6.42 Å². The van der Waals surface area contributed by atoms with E-state index < -0.39 is 4.92 Å². The van der Waals surface area contributed by atoms with E-state index in [1.807, 2.05) is 12.1 Å². The Labute approximate surface area is 152 Å². The summed E-state index contributed by atoms with van der Waals surface area (Å²) in [7, 11) is 2.05. The number of phenols is 1. The number of benzene rings is 2.